The van der Waals surface area contributed by atoms with E-state index in [-0.39, 0.29) is 0 Å². The molecule has 0 bridgehead atoms. The summed E-state index contributed by atoms with van der Waals surface area (Å²) in [6, 6.07) is 9.16. The molecule has 2 atom stereocenters. The molecule has 1 aromatic carbocycles. The second-order valence-electron chi connectivity index (χ2n) is 6.40. The standard InChI is InChI=1S/C17H23N3S/c1-11(2)10-16-19-20-17(21-16)18-15-9-8-12(3)13-6-4-5-7-14(13)15/h4-7,11-12,15H,8-10H2,1-3H3,(H,18,20). The number of nitrogens with zero attached hydrogens (tertiary/aromatic N) is 2. The first-order valence-corrected chi connectivity index (χ1v) is 8.63. The van der Waals surface area contributed by atoms with Crippen molar-refractivity contribution in [2.75, 3.05) is 5.32 Å². The van der Waals surface area contributed by atoms with Gasteiger partial charge in [0.2, 0.25) is 5.13 Å². The minimum Gasteiger partial charge on any atom is -0.353 e. The third-order valence-electron chi connectivity index (χ3n) is 4.14. The topological polar surface area (TPSA) is 37.8 Å². The normalized spacial score (nSPS) is 21.3. The van der Waals surface area contributed by atoms with E-state index >= 15 is 0 Å². The van der Waals surface area contributed by atoms with Gasteiger partial charge in [0.1, 0.15) is 5.01 Å². The minimum atomic E-state index is 0.372. The summed E-state index contributed by atoms with van der Waals surface area (Å²) in [5, 5.41) is 14.3. The van der Waals surface area contributed by atoms with E-state index in [1.54, 1.807) is 11.3 Å². The van der Waals surface area contributed by atoms with Gasteiger partial charge in [0.15, 0.2) is 0 Å². The molecule has 0 radical (unpaired) electrons. The van der Waals surface area contributed by atoms with Crippen LogP contribution in [0.2, 0.25) is 0 Å². The smallest absolute Gasteiger partial charge is 0.206 e. The zero-order chi connectivity index (χ0) is 14.8. The maximum atomic E-state index is 4.31. The Labute approximate surface area is 130 Å². The number of fused-ring (bicyclic) bond motifs is 1. The Morgan fingerprint density at radius 3 is 2.71 bits per heavy atom. The van der Waals surface area contributed by atoms with Gasteiger partial charge in [0.05, 0.1) is 6.04 Å². The largest absolute Gasteiger partial charge is 0.353 e. The fraction of sp³-hybridized carbons (Fsp3) is 0.529. The number of rotatable bonds is 4. The molecule has 1 N–H and O–H groups in total. The third-order valence-corrected chi connectivity index (χ3v) is 5.01. The van der Waals surface area contributed by atoms with Gasteiger partial charge >= 0.3 is 0 Å². The fourth-order valence-electron chi connectivity index (χ4n) is 3.05. The highest BCUT2D eigenvalue weighted by Gasteiger charge is 2.25. The molecular weight excluding hydrogens is 278 g/mol. The van der Waals surface area contributed by atoms with Gasteiger partial charge in [-0.1, -0.05) is 56.4 Å². The van der Waals surface area contributed by atoms with Crippen molar-refractivity contribution in [2.45, 2.75) is 52.0 Å². The average molecular weight is 301 g/mol. The van der Waals surface area contributed by atoms with E-state index in [0.29, 0.717) is 17.9 Å². The summed E-state index contributed by atoms with van der Waals surface area (Å²) >= 11 is 1.70. The van der Waals surface area contributed by atoms with Crippen molar-refractivity contribution in [1.29, 1.82) is 0 Å². The Bertz CT molecular complexity index is 606. The van der Waals surface area contributed by atoms with Crippen LogP contribution < -0.4 is 5.32 Å². The van der Waals surface area contributed by atoms with Crippen molar-refractivity contribution < 1.29 is 0 Å². The Balaban J connectivity index is 1.76. The maximum absolute atomic E-state index is 4.31. The van der Waals surface area contributed by atoms with Crippen LogP contribution in [0.25, 0.3) is 0 Å². The summed E-state index contributed by atoms with van der Waals surface area (Å²) < 4.78 is 0. The summed E-state index contributed by atoms with van der Waals surface area (Å²) in [7, 11) is 0. The van der Waals surface area contributed by atoms with Gasteiger partial charge in [-0.05, 0) is 35.8 Å². The highest BCUT2D eigenvalue weighted by atomic mass is 32.1. The lowest BCUT2D eigenvalue weighted by atomic mass is 9.81. The monoisotopic (exact) mass is 301 g/mol. The van der Waals surface area contributed by atoms with Gasteiger partial charge in [-0.25, -0.2) is 0 Å². The van der Waals surface area contributed by atoms with Crippen LogP contribution in [0.3, 0.4) is 0 Å². The molecule has 4 heteroatoms. The highest BCUT2D eigenvalue weighted by molar-refractivity contribution is 7.15. The Morgan fingerprint density at radius 1 is 1.19 bits per heavy atom. The first kappa shape index (κ1) is 14.5. The molecule has 0 saturated carbocycles. The molecule has 3 rings (SSSR count). The van der Waals surface area contributed by atoms with Gasteiger partial charge < -0.3 is 5.32 Å². The van der Waals surface area contributed by atoms with Crippen LogP contribution >= 0.6 is 11.3 Å². The van der Waals surface area contributed by atoms with Crippen LogP contribution in [0.1, 0.15) is 61.7 Å². The van der Waals surface area contributed by atoms with Crippen molar-refractivity contribution in [2.24, 2.45) is 5.92 Å². The molecule has 0 amide bonds. The number of anilines is 1. The molecule has 21 heavy (non-hydrogen) atoms. The molecule has 3 nitrogen and oxygen atoms in total. The maximum Gasteiger partial charge on any atom is 0.206 e. The van der Waals surface area contributed by atoms with E-state index in [9.17, 15) is 0 Å². The van der Waals surface area contributed by atoms with Crippen LogP contribution in [-0.4, -0.2) is 10.2 Å². The Hall–Kier alpha value is -1.42. The molecule has 112 valence electrons. The van der Waals surface area contributed by atoms with E-state index in [1.807, 2.05) is 0 Å². The van der Waals surface area contributed by atoms with Crippen molar-refractivity contribution in [3.8, 4) is 0 Å². The average Bonchev–Trinajstić information content (AvgIpc) is 2.89. The minimum absolute atomic E-state index is 0.372. The lowest BCUT2D eigenvalue weighted by Crippen LogP contribution is -2.19. The first-order chi connectivity index (χ1) is 10.1. The van der Waals surface area contributed by atoms with Gasteiger partial charge in [0.25, 0.3) is 0 Å². The number of hydrogen-bond donors (Lipinski definition) is 1. The highest BCUT2D eigenvalue weighted by Crippen LogP contribution is 2.39. The molecule has 1 aromatic heterocycles. The van der Waals surface area contributed by atoms with Gasteiger partial charge in [-0.15, -0.1) is 10.2 Å². The summed E-state index contributed by atoms with van der Waals surface area (Å²) in [6.07, 6.45) is 3.40. The lowest BCUT2D eigenvalue weighted by Gasteiger charge is -2.30. The molecule has 0 saturated heterocycles. The lowest BCUT2D eigenvalue weighted by molar-refractivity contribution is 0.534. The van der Waals surface area contributed by atoms with Crippen LogP contribution in [-0.2, 0) is 6.42 Å². The van der Waals surface area contributed by atoms with Crippen molar-refractivity contribution in [3.05, 3.63) is 40.4 Å². The quantitative estimate of drug-likeness (QED) is 0.882. The molecule has 1 aliphatic carbocycles. The van der Waals surface area contributed by atoms with E-state index in [4.69, 9.17) is 0 Å². The Kier molecular flexibility index (Phi) is 4.24. The van der Waals surface area contributed by atoms with Crippen molar-refractivity contribution in [1.82, 2.24) is 10.2 Å². The van der Waals surface area contributed by atoms with Crippen LogP contribution in [0.15, 0.2) is 24.3 Å². The van der Waals surface area contributed by atoms with E-state index in [2.05, 4.69) is 60.6 Å². The summed E-state index contributed by atoms with van der Waals surface area (Å²) in [5.41, 5.74) is 2.91. The number of aromatic nitrogens is 2. The van der Waals surface area contributed by atoms with Crippen molar-refractivity contribution in [3.63, 3.8) is 0 Å². The first-order valence-electron chi connectivity index (χ1n) is 7.81. The molecule has 1 heterocycles. The molecule has 0 spiro atoms. The van der Waals surface area contributed by atoms with Gasteiger partial charge in [-0.2, -0.15) is 0 Å². The van der Waals surface area contributed by atoms with Crippen molar-refractivity contribution >= 4 is 16.5 Å². The SMILES string of the molecule is CC(C)Cc1nnc(NC2CCC(C)c3ccccc32)s1. The molecule has 0 aliphatic heterocycles. The molecule has 2 aromatic rings. The molecule has 1 aliphatic rings. The van der Waals surface area contributed by atoms with E-state index in [1.165, 1.54) is 17.5 Å². The van der Waals surface area contributed by atoms with Crippen LogP contribution in [0, 0.1) is 5.92 Å². The molecule has 2 unspecified atom stereocenters. The Morgan fingerprint density at radius 2 is 1.95 bits per heavy atom. The number of benzene rings is 1. The zero-order valence-corrected chi connectivity index (χ0v) is 13.8. The predicted molar refractivity (Wildman–Crippen MR) is 88.9 cm³/mol. The second kappa shape index (κ2) is 6.14. The summed E-state index contributed by atoms with van der Waals surface area (Å²) in [4.78, 5) is 0. The summed E-state index contributed by atoms with van der Waals surface area (Å²) in [6.45, 7) is 6.75. The van der Waals surface area contributed by atoms with E-state index < -0.39 is 0 Å². The van der Waals surface area contributed by atoms with Crippen LogP contribution in [0.5, 0.6) is 0 Å². The molecule has 0 fully saturated rings. The van der Waals surface area contributed by atoms with Gasteiger partial charge in [-0.3, -0.25) is 0 Å². The van der Waals surface area contributed by atoms with E-state index in [0.717, 1.165) is 23.0 Å². The van der Waals surface area contributed by atoms with Crippen LogP contribution in [0.4, 0.5) is 5.13 Å². The second-order valence-corrected chi connectivity index (χ2v) is 7.47. The number of hydrogen-bond acceptors (Lipinski definition) is 4. The zero-order valence-electron chi connectivity index (χ0n) is 13.0. The third kappa shape index (κ3) is 3.26. The van der Waals surface area contributed by atoms with Gasteiger partial charge in [0, 0.05) is 6.42 Å². The fourth-order valence-corrected chi connectivity index (χ4v) is 4.05. The predicted octanol–water partition coefficient (Wildman–Crippen LogP) is 4.79. The molecular formula is C17H23N3S. The number of nitrogens with one attached hydrogen (secondary N) is 1. The summed E-state index contributed by atoms with van der Waals surface area (Å²) in [5.74, 6) is 1.28.